The van der Waals surface area contributed by atoms with Crippen molar-refractivity contribution >= 4 is 0 Å². The Morgan fingerprint density at radius 1 is 0.763 bits per heavy atom. The van der Waals surface area contributed by atoms with Crippen LogP contribution in [0.3, 0.4) is 0 Å². The largest absolute Gasteiger partial charge is 0.305 e. The van der Waals surface area contributed by atoms with E-state index < -0.39 is 0 Å². The zero-order valence-corrected chi connectivity index (χ0v) is 24.7. The molecule has 0 bridgehead atoms. The number of nitrogens with zero attached hydrogens (tertiary/aromatic N) is 2. The molecule has 3 heteroatoms. The first-order valence-electron chi connectivity index (χ1n) is 14.0. The molecular formula is C35H32IrN2-2. The molecule has 5 aromatic rings. The number of aromatic nitrogens is 2. The molecule has 0 unspecified atom stereocenters. The first-order chi connectivity index (χ1) is 18.9. The molecule has 2 heterocycles. The maximum Gasteiger partial charge on any atom is 0.0616 e. The molecule has 2 nitrogen and oxygen atoms in total. The molecule has 0 fully saturated rings. The number of fused-ring (bicyclic) bond motifs is 3. The zero-order valence-electron chi connectivity index (χ0n) is 25.3. The number of pyridine rings is 2. The number of hydrogen-bond acceptors (Lipinski definition) is 2. The van der Waals surface area contributed by atoms with E-state index in [4.69, 9.17) is 4.11 Å². The third-order valence-electron chi connectivity index (χ3n) is 6.86. The van der Waals surface area contributed by atoms with Crippen molar-refractivity contribution in [1.82, 2.24) is 9.97 Å². The molecule has 38 heavy (non-hydrogen) atoms. The molecule has 0 saturated carbocycles. The van der Waals surface area contributed by atoms with Gasteiger partial charge in [0.05, 0.1) is 2.74 Å². The molecule has 1 aliphatic carbocycles. The molecule has 0 aliphatic heterocycles. The van der Waals surface area contributed by atoms with Crippen LogP contribution in [0.5, 0.6) is 0 Å². The van der Waals surface area contributed by atoms with Crippen molar-refractivity contribution in [3.8, 4) is 33.6 Å². The van der Waals surface area contributed by atoms with Gasteiger partial charge in [0, 0.05) is 33.9 Å². The molecule has 0 amide bonds. The Morgan fingerprint density at radius 2 is 1.45 bits per heavy atom. The van der Waals surface area contributed by atoms with E-state index in [1.807, 2.05) is 12.1 Å². The van der Waals surface area contributed by atoms with Crippen LogP contribution in [0.4, 0.5) is 0 Å². The first kappa shape index (κ1) is 23.7. The van der Waals surface area contributed by atoms with Crippen LogP contribution < -0.4 is 0 Å². The number of benzene rings is 3. The van der Waals surface area contributed by atoms with Gasteiger partial charge in [-0.25, -0.2) is 0 Å². The number of rotatable bonds is 2. The minimum Gasteiger partial charge on any atom is -0.305 e. The van der Waals surface area contributed by atoms with Gasteiger partial charge in [-0.1, -0.05) is 82.6 Å². The second kappa shape index (κ2) is 11.2. The van der Waals surface area contributed by atoms with Gasteiger partial charge in [-0.3, -0.25) is 0 Å². The Hall–Kier alpha value is -3.39. The summed E-state index contributed by atoms with van der Waals surface area (Å²) < 4.78 is 22.8. The van der Waals surface area contributed by atoms with E-state index in [1.54, 1.807) is 48.8 Å². The third-order valence-corrected chi connectivity index (χ3v) is 6.86. The van der Waals surface area contributed by atoms with Gasteiger partial charge in [0.1, 0.15) is 0 Å². The summed E-state index contributed by atoms with van der Waals surface area (Å²) in [5.74, 6) is 0. The van der Waals surface area contributed by atoms with Gasteiger partial charge in [-0.15, -0.1) is 65.2 Å². The molecule has 1 aliphatic rings. The zero-order chi connectivity index (χ0) is 28.7. The molecule has 0 N–H and O–H groups in total. The Labute approximate surface area is 244 Å². The summed E-state index contributed by atoms with van der Waals surface area (Å²) in [6.07, 6.45) is 3.29. The average Bonchev–Trinajstić information content (AvgIpc) is 3.15. The minimum absolute atomic E-state index is 0. The number of hydrogen-bond donors (Lipinski definition) is 0. The van der Waals surface area contributed by atoms with E-state index in [0.29, 0.717) is 23.8 Å². The molecule has 193 valence electrons. The Kier molecular flexibility index (Phi) is 6.96. The summed E-state index contributed by atoms with van der Waals surface area (Å²) in [5.41, 5.74) is 9.82. The summed E-state index contributed by atoms with van der Waals surface area (Å²) in [4.78, 5) is 8.64. The van der Waals surface area contributed by atoms with Gasteiger partial charge in [0.15, 0.2) is 0 Å². The van der Waals surface area contributed by atoms with Gasteiger partial charge in [0.2, 0.25) is 0 Å². The summed E-state index contributed by atoms with van der Waals surface area (Å²) in [6, 6.07) is 30.6. The average molecular weight is 676 g/mol. The van der Waals surface area contributed by atoms with Crippen LogP contribution in [0.1, 0.15) is 55.4 Å². The van der Waals surface area contributed by atoms with Crippen LogP contribution in [-0.4, -0.2) is 9.97 Å². The van der Waals surface area contributed by atoms with Gasteiger partial charge in [0.25, 0.3) is 0 Å². The van der Waals surface area contributed by atoms with E-state index in [9.17, 15) is 0 Å². The maximum atomic E-state index is 7.95. The van der Waals surface area contributed by atoms with Crippen LogP contribution >= 0.6 is 0 Å². The van der Waals surface area contributed by atoms with Crippen molar-refractivity contribution in [2.45, 2.75) is 45.4 Å². The van der Waals surface area contributed by atoms with E-state index in [-0.39, 0.29) is 30.9 Å². The van der Waals surface area contributed by atoms with Gasteiger partial charge >= 0.3 is 0 Å². The second-order valence-electron chi connectivity index (χ2n) is 10.8. The van der Waals surface area contributed by atoms with Crippen LogP contribution in [0, 0.1) is 12.1 Å². The predicted molar refractivity (Wildman–Crippen MR) is 153 cm³/mol. The topological polar surface area (TPSA) is 25.8 Å². The summed E-state index contributed by atoms with van der Waals surface area (Å²) in [7, 11) is 0. The minimum atomic E-state index is -0.126. The van der Waals surface area contributed by atoms with Crippen LogP contribution in [0.15, 0.2) is 103 Å². The van der Waals surface area contributed by atoms with Crippen molar-refractivity contribution in [3.05, 3.63) is 132 Å². The molecule has 0 atom stereocenters. The molecule has 3 aromatic carbocycles. The SMILES string of the molecule is [2H]c1cc[c-]c(-c2cc([2H])ccn2)c1.[2H]c1ccnc(-c2[c-]ccc3c2C(C)(C)c2cc(C(C)(C)C)ccc2-3)c1.[Ir]. The molecule has 2 aromatic heterocycles. The van der Waals surface area contributed by atoms with E-state index in [0.717, 1.165) is 16.8 Å². The fourth-order valence-corrected chi connectivity index (χ4v) is 4.91. The van der Waals surface area contributed by atoms with Gasteiger partial charge in [-0.05, 0) is 51.0 Å². The smallest absolute Gasteiger partial charge is 0.0616 e. The molecular weight excluding hydrogens is 641 g/mol. The Balaban J connectivity index is 0.000000219. The maximum absolute atomic E-state index is 7.95. The predicted octanol–water partition coefficient (Wildman–Crippen LogP) is 8.70. The van der Waals surface area contributed by atoms with Crippen molar-refractivity contribution in [2.24, 2.45) is 0 Å². The monoisotopic (exact) mass is 676 g/mol. The van der Waals surface area contributed by atoms with E-state index in [2.05, 4.69) is 81.0 Å². The van der Waals surface area contributed by atoms with Gasteiger partial charge < -0.3 is 9.97 Å². The standard InChI is InChI=1S/C24H24N.C11H8N.Ir/c1-23(2,3)16-12-13-17-18-9-8-10-19(21-11-6-7-14-25-21)22(18)24(4,5)20(17)15-16;1-2-6-10(7-3-1)11-8-4-5-9-12-11;/h6-9,11-15H,1-5H3;1-6,8-9H;/q2*-1;/i6D;2D,4D;. The van der Waals surface area contributed by atoms with Crippen LogP contribution in [-0.2, 0) is 30.9 Å². The quantitative estimate of drug-likeness (QED) is 0.175. The second-order valence-corrected chi connectivity index (χ2v) is 10.8. The summed E-state index contributed by atoms with van der Waals surface area (Å²) in [6.45, 7) is 11.3. The van der Waals surface area contributed by atoms with Crippen molar-refractivity contribution in [3.63, 3.8) is 0 Å². The van der Waals surface area contributed by atoms with Crippen molar-refractivity contribution in [2.75, 3.05) is 0 Å². The Morgan fingerprint density at radius 3 is 2.13 bits per heavy atom. The Bertz CT molecular complexity index is 1660. The normalized spacial score (nSPS) is 14.0. The molecule has 0 saturated heterocycles. The third kappa shape index (κ3) is 5.41. The van der Waals surface area contributed by atoms with Crippen molar-refractivity contribution in [1.29, 1.82) is 0 Å². The van der Waals surface area contributed by atoms with E-state index >= 15 is 0 Å². The molecule has 6 rings (SSSR count). The molecule has 0 spiro atoms. The first-order valence-corrected chi connectivity index (χ1v) is 12.5. The fourth-order valence-electron chi connectivity index (χ4n) is 4.91. The summed E-state index contributed by atoms with van der Waals surface area (Å²) in [5, 5.41) is 0. The van der Waals surface area contributed by atoms with Crippen molar-refractivity contribution < 1.29 is 24.2 Å². The van der Waals surface area contributed by atoms with E-state index in [1.165, 1.54) is 27.8 Å². The van der Waals surface area contributed by atoms with Gasteiger partial charge in [-0.2, -0.15) is 0 Å². The van der Waals surface area contributed by atoms with Crippen LogP contribution in [0.25, 0.3) is 33.6 Å². The molecule has 1 radical (unpaired) electrons. The summed E-state index contributed by atoms with van der Waals surface area (Å²) >= 11 is 0. The fraction of sp³-hybridized carbons (Fsp3) is 0.200. The van der Waals surface area contributed by atoms with Crippen LogP contribution in [0.2, 0.25) is 0 Å².